The van der Waals surface area contributed by atoms with Crippen LogP contribution in [-0.2, 0) is 9.47 Å². The lowest BCUT2D eigenvalue weighted by Crippen LogP contribution is -2.16. The molecule has 0 aromatic carbocycles. The number of nitrogens with two attached hydrogens (primary N) is 2. The van der Waals surface area contributed by atoms with Crippen LogP contribution in [-0.4, -0.2) is 18.8 Å². The van der Waals surface area contributed by atoms with Gasteiger partial charge in [-0.05, 0) is 36.8 Å². The molecule has 0 saturated heterocycles. The summed E-state index contributed by atoms with van der Waals surface area (Å²) in [6.07, 6.45) is 21.2. The third-order valence-corrected chi connectivity index (χ3v) is 3.87. The molecular weight excluding hydrogens is 300 g/mol. The van der Waals surface area contributed by atoms with Gasteiger partial charge in [-0.3, -0.25) is 0 Å². The Morgan fingerprint density at radius 1 is 1.29 bits per heavy atom. The van der Waals surface area contributed by atoms with Gasteiger partial charge in [0.15, 0.2) is 0 Å². The van der Waals surface area contributed by atoms with Crippen LogP contribution in [0.3, 0.4) is 0 Å². The fraction of sp³-hybridized carbons (Fsp3) is 0.400. The minimum absolute atomic E-state index is 0.0259. The van der Waals surface area contributed by atoms with Crippen LogP contribution in [0.2, 0.25) is 0 Å². The van der Waals surface area contributed by atoms with Crippen molar-refractivity contribution in [2.75, 3.05) is 6.61 Å². The molecule has 0 heterocycles. The van der Waals surface area contributed by atoms with Crippen molar-refractivity contribution in [3.8, 4) is 0 Å². The first-order chi connectivity index (χ1) is 11.7. The summed E-state index contributed by atoms with van der Waals surface area (Å²) < 4.78 is 11.7. The Labute approximate surface area is 144 Å². The summed E-state index contributed by atoms with van der Waals surface area (Å²) >= 11 is 0. The molecule has 4 nitrogen and oxygen atoms in total. The van der Waals surface area contributed by atoms with Gasteiger partial charge >= 0.3 is 0 Å². The maximum atomic E-state index is 5.96. The highest BCUT2D eigenvalue weighted by Crippen LogP contribution is 2.17. The van der Waals surface area contributed by atoms with E-state index in [-0.39, 0.29) is 12.1 Å². The number of hydrogen-bond donors (Lipinski definition) is 2. The highest BCUT2D eigenvalue weighted by molar-refractivity contribution is 5.19. The van der Waals surface area contributed by atoms with E-state index >= 15 is 0 Å². The van der Waals surface area contributed by atoms with E-state index in [0.717, 1.165) is 42.9 Å². The molecule has 0 radical (unpaired) electrons. The highest BCUT2D eigenvalue weighted by atomic mass is 16.5. The first-order valence-corrected chi connectivity index (χ1v) is 8.58. The van der Waals surface area contributed by atoms with Crippen LogP contribution in [0.25, 0.3) is 0 Å². The summed E-state index contributed by atoms with van der Waals surface area (Å²) in [6.45, 7) is 2.62. The summed E-state index contributed by atoms with van der Waals surface area (Å²) in [5.74, 6) is 1.92. The Hall–Kier alpha value is -2.20. The van der Waals surface area contributed by atoms with E-state index in [1.807, 2.05) is 54.7 Å². The van der Waals surface area contributed by atoms with Gasteiger partial charge in [0.25, 0.3) is 0 Å². The van der Waals surface area contributed by atoms with Crippen LogP contribution < -0.4 is 11.5 Å². The van der Waals surface area contributed by atoms with Crippen molar-refractivity contribution in [3.63, 3.8) is 0 Å². The van der Waals surface area contributed by atoms with Gasteiger partial charge in [-0.15, -0.1) is 0 Å². The average Bonchev–Trinajstić information content (AvgIpc) is 2.78. The molecule has 0 amide bonds. The second-order valence-corrected chi connectivity index (χ2v) is 5.93. The first-order valence-electron chi connectivity index (χ1n) is 8.58. The van der Waals surface area contributed by atoms with Crippen molar-refractivity contribution >= 4 is 0 Å². The Balaban J connectivity index is 1.75. The molecule has 2 atom stereocenters. The summed E-state index contributed by atoms with van der Waals surface area (Å²) in [6, 6.07) is 0.128. The Bertz CT molecular complexity index is 582. The molecule has 4 heteroatoms. The van der Waals surface area contributed by atoms with Crippen molar-refractivity contribution < 1.29 is 9.47 Å². The van der Waals surface area contributed by atoms with E-state index in [1.165, 1.54) is 0 Å². The number of ether oxygens (including phenoxy) is 2. The first kappa shape index (κ1) is 18.1. The lowest BCUT2D eigenvalue weighted by Gasteiger charge is -2.19. The van der Waals surface area contributed by atoms with E-state index in [1.54, 1.807) is 0 Å². The number of rotatable bonds is 7. The Kier molecular flexibility index (Phi) is 7.43. The fourth-order valence-corrected chi connectivity index (χ4v) is 2.49. The average molecular weight is 328 g/mol. The minimum atomic E-state index is 0.0259. The van der Waals surface area contributed by atoms with E-state index in [2.05, 4.69) is 6.92 Å². The largest absolute Gasteiger partial charge is 0.494 e. The van der Waals surface area contributed by atoms with Gasteiger partial charge < -0.3 is 20.9 Å². The van der Waals surface area contributed by atoms with Gasteiger partial charge in [0.05, 0.1) is 11.5 Å². The van der Waals surface area contributed by atoms with Crippen molar-refractivity contribution in [3.05, 3.63) is 71.9 Å². The summed E-state index contributed by atoms with van der Waals surface area (Å²) in [4.78, 5) is 0. The molecular formula is C20H28N2O2. The van der Waals surface area contributed by atoms with Crippen LogP contribution in [0, 0.1) is 0 Å². The smallest absolute Gasteiger partial charge is 0.122 e. The molecule has 2 rings (SSSR count). The van der Waals surface area contributed by atoms with E-state index in [0.29, 0.717) is 6.61 Å². The zero-order chi connectivity index (χ0) is 17.2. The maximum absolute atomic E-state index is 5.96. The number of allylic oxidation sites excluding steroid dienone is 8. The zero-order valence-electron chi connectivity index (χ0n) is 14.4. The van der Waals surface area contributed by atoms with Crippen LogP contribution in [0.1, 0.15) is 32.6 Å². The molecule has 4 N–H and O–H groups in total. The van der Waals surface area contributed by atoms with E-state index in [9.17, 15) is 0 Å². The third-order valence-electron chi connectivity index (χ3n) is 3.87. The third kappa shape index (κ3) is 6.50. The van der Waals surface area contributed by atoms with Gasteiger partial charge in [0.1, 0.15) is 12.7 Å². The molecule has 1 unspecified atom stereocenters. The number of hydrogen-bond acceptors (Lipinski definition) is 4. The zero-order valence-corrected chi connectivity index (χ0v) is 14.4. The van der Waals surface area contributed by atoms with Gasteiger partial charge in [-0.1, -0.05) is 31.2 Å². The molecule has 0 fully saturated rings. The molecule has 0 aromatic heterocycles. The molecule has 0 aromatic rings. The second kappa shape index (κ2) is 9.83. The quantitative estimate of drug-likeness (QED) is 0.553. The molecule has 24 heavy (non-hydrogen) atoms. The second-order valence-electron chi connectivity index (χ2n) is 5.93. The minimum Gasteiger partial charge on any atom is -0.494 e. The van der Waals surface area contributed by atoms with E-state index in [4.69, 9.17) is 20.9 Å². The van der Waals surface area contributed by atoms with Gasteiger partial charge in [0.2, 0.25) is 0 Å². The van der Waals surface area contributed by atoms with Crippen LogP contribution >= 0.6 is 0 Å². The van der Waals surface area contributed by atoms with Crippen molar-refractivity contribution in [2.45, 2.75) is 44.8 Å². The normalized spacial score (nSPS) is 24.5. The molecule has 2 aliphatic rings. The SMILES string of the molecule is CC/C(=C\C=C/COC1=CC=C[C@H](N)CC1)OC1C=CC=C(N)C1. The van der Waals surface area contributed by atoms with E-state index < -0.39 is 0 Å². The molecule has 0 spiro atoms. The topological polar surface area (TPSA) is 70.5 Å². The van der Waals surface area contributed by atoms with Crippen molar-refractivity contribution in [1.82, 2.24) is 0 Å². The Morgan fingerprint density at radius 3 is 2.92 bits per heavy atom. The van der Waals surface area contributed by atoms with Gasteiger partial charge in [-0.25, -0.2) is 0 Å². The molecule has 0 bridgehead atoms. The highest BCUT2D eigenvalue weighted by Gasteiger charge is 2.11. The summed E-state index contributed by atoms with van der Waals surface area (Å²) in [7, 11) is 0. The molecule has 0 aliphatic heterocycles. The summed E-state index contributed by atoms with van der Waals surface area (Å²) in [5.41, 5.74) is 12.6. The van der Waals surface area contributed by atoms with Crippen LogP contribution in [0.5, 0.6) is 0 Å². The monoisotopic (exact) mass is 328 g/mol. The predicted octanol–water partition coefficient (Wildman–Crippen LogP) is 3.60. The molecule has 130 valence electrons. The van der Waals surface area contributed by atoms with Crippen molar-refractivity contribution in [1.29, 1.82) is 0 Å². The van der Waals surface area contributed by atoms with Gasteiger partial charge in [0, 0.05) is 31.0 Å². The summed E-state index contributed by atoms with van der Waals surface area (Å²) in [5, 5.41) is 0. The maximum Gasteiger partial charge on any atom is 0.122 e. The van der Waals surface area contributed by atoms with Crippen molar-refractivity contribution in [2.24, 2.45) is 11.5 Å². The molecule has 2 aliphatic carbocycles. The lowest BCUT2D eigenvalue weighted by atomic mass is 10.1. The van der Waals surface area contributed by atoms with Crippen LogP contribution in [0.15, 0.2) is 71.9 Å². The Morgan fingerprint density at radius 2 is 2.12 bits per heavy atom. The molecule has 0 saturated carbocycles. The lowest BCUT2D eigenvalue weighted by molar-refractivity contribution is 0.147. The predicted molar refractivity (Wildman–Crippen MR) is 98.8 cm³/mol. The standard InChI is InChI=1S/C20H28N2O2/c1-2-18(24-20-11-6-8-17(22)15-20)9-3-4-14-23-19-10-5-7-16(21)12-13-19/h3-11,16,20H,2,12-15,21-22H2,1H3/b4-3-,18-9+/t16-,20?/m0/s1. The van der Waals surface area contributed by atoms with Gasteiger partial charge in [-0.2, -0.15) is 0 Å². The van der Waals surface area contributed by atoms with Crippen LogP contribution in [0.4, 0.5) is 0 Å². The fourth-order valence-electron chi connectivity index (χ4n) is 2.49.